The third-order valence-corrected chi connectivity index (χ3v) is 3.41. The Bertz CT molecular complexity index is 144. The summed E-state index contributed by atoms with van der Waals surface area (Å²) in [6.07, 6.45) is 11.4. The molecule has 0 amide bonds. The zero-order valence-corrected chi connectivity index (χ0v) is 14.3. The average molecular weight is 301 g/mol. The Balaban J connectivity index is -0.00000112. The number of unbranched alkanes of at least 4 members (excludes halogenated alkanes) is 6. The van der Waals surface area contributed by atoms with Gasteiger partial charge in [-0.2, -0.15) is 0 Å². The van der Waals surface area contributed by atoms with Crippen LogP contribution in [0.15, 0.2) is 0 Å². The SMILES string of the molecule is C[NH2+]C(C)CCCCCCCCC[NH+](C)C.[Cl-].[Cl-]. The Morgan fingerprint density at radius 1 is 0.833 bits per heavy atom. The predicted octanol–water partition coefficient (Wildman–Crippen LogP) is -5.16. The molecule has 0 aliphatic carbocycles. The van der Waals surface area contributed by atoms with Crippen LogP contribution in [-0.4, -0.2) is 33.7 Å². The molecule has 114 valence electrons. The maximum absolute atomic E-state index is 2.32. The lowest BCUT2D eigenvalue weighted by atomic mass is 10.1. The molecule has 0 bridgehead atoms. The smallest absolute Gasteiger partial charge is 0.0828 e. The standard InChI is InChI=1S/C14H32N2.2ClH/c1-14(15-2)12-10-8-6-5-7-9-11-13-16(3)4;;/h14-15H,5-13H2,1-4H3;2*1H. The molecule has 0 spiro atoms. The fraction of sp³-hybridized carbons (Fsp3) is 1.00. The molecule has 1 atom stereocenters. The van der Waals surface area contributed by atoms with E-state index in [1.165, 1.54) is 57.9 Å². The lowest BCUT2D eigenvalue weighted by Crippen LogP contribution is -3.05. The number of hydrogen-bond donors (Lipinski definition) is 2. The topological polar surface area (TPSA) is 21.1 Å². The quantitative estimate of drug-likeness (QED) is 0.356. The van der Waals surface area contributed by atoms with E-state index in [0.717, 1.165) is 6.04 Å². The third-order valence-electron chi connectivity index (χ3n) is 3.41. The van der Waals surface area contributed by atoms with Gasteiger partial charge in [0, 0.05) is 0 Å². The van der Waals surface area contributed by atoms with Crippen molar-refractivity contribution in [2.75, 3.05) is 27.7 Å². The van der Waals surface area contributed by atoms with Crippen molar-refractivity contribution in [1.82, 2.24) is 0 Å². The van der Waals surface area contributed by atoms with Gasteiger partial charge in [0.1, 0.15) is 0 Å². The number of rotatable bonds is 11. The monoisotopic (exact) mass is 300 g/mol. The molecule has 1 unspecified atom stereocenters. The van der Waals surface area contributed by atoms with Gasteiger partial charge < -0.3 is 35.0 Å². The van der Waals surface area contributed by atoms with E-state index in [-0.39, 0.29) is 24.8 Å². The molecule has 0 aromatic carbocycles. The highest BCUT2D eigenvalue weighted by atomic mass is 35.5. The van der Waals surface area contributed by atoms with Crippen molar-refractivity contribution in [2.24, 2.45) is 0 Å². The van der Waals surface area contributed by atoms with Crippen LogP contribution in [0.1, 0.15) is 58.3 Å². The third kappa shape index (κ3) is 18.9. The van der Waals surface area contributed by atoms with Crippen LogP contribution in [0.3, 0.4) is 0 Å². The van der Waals surface area contributed by atoms with Crippen molar-refractivity contribution in [2.45, 2.75) is 64.3 Å². The summed E-state index contributed by atoms with van der Waals surface area (Å²) < 4.78 is 0. The van der Waals surface area contributed by atoms with E-state index in [2.05, 4.69) is 33.4 Å². The van der Waals surface area contributed by atoms with Gasteiger partial charge in [-0.05, 0) is 32.6 Å². The normalized spacial score (nSPS) is 11.8. The van der Waals surface area contributed by atoms with Crippen molar-refractivity contribution >= 4 is 0 Å². The average Bonchev–Trinajstić information content (AvgIpc) is 2.26. The van der Waals surface area contributed by atoms with Crippen molar-refractivity contribution in [1.29, 1.82) is 0 Å². The number of hydrogen-bond acceptors (Lipinski definition) is 0. The zero-order valence-electron chi connectivity index (χ0n) is 12.8. The predicted molar refractivity (Wildman–Crippen MR) is 71.9 cm³/mol. The van der Waals surface area contributed by atoms with E-state index >= 15 is 0 Å². The summed E-state index contributed by atoms with van der Waals surface area (Å²) >= 11 is 0. The summed E-state index contributed by atoms with van der Waals surface area (Å²) in [6.45, 7) is 3.66. The van der Waals surface area contributed by atoms with Gasteiger partial charge in [-0.1, -0.05) is 25.7 Å². The van der Waals surface area contributed by atoms with Crippen LogP contribution in [0, 0.1) is 0 Å². The second-order valence-corrected chi connectivity index (χ2v) is 5.53. The highest BCUT2D eigenvalue weighted by Crippen LogP contribution is 2.08. The van der Waals surface area contributed by atoms with Crippen LogP contribution in [0.2, 0.25) is 0 Å². The lowest BCUT2D eigenvalue weighted by Gasteiger charge is -2.07. The first-order valence-corrected chi connectivity index (χ1v) is 7.25. The minimum Gasteiger partial charge on any atom is -1.00 e. The maximum atomic E-state index is 2.32. The molecule has 0 rings (SSSR count). The largest absolute Gasteiger partial charge is 1.00 e. The second-order valence-electron chi connectivity index (χ2n) is 5.53. The Labute approximate surface area is 127 Å². The summed E-state index contributed by atoms with van der Waals surface area (Å²) in [6, 6.07) is 0.822. The first-order chi connectivity index (χ1) is 7.66. The summed E-state index contributed by atoms with van der Waals surface area (Å²) in [5.74, 6) is 0. The Morgan fingerprint density at radius 3 is 1.72 bits per heavy atom. The van der Waals surface area contributed by atoms with E-state index < -0.39 is 0 Å². The van der Waals surface area contributed by atoms with Gasteiger partial charge in [0.05, 0.1) is 33.7 Å². The van der Waals surface area contributed by atoms with Gasteiger partial charge in [-0.3, -0.25) is 0 Å². The molecule has 0 aromatic rings. The molecular weight excluding hydrogens is 267 g/mol. The summed E-state index contributed by atoms with van der Waals surface area (Å²) in [7, 11) is 6.66. The van der Waals surface area contributed by atoms with Crippen molar-refractivity contribution < 1.29 is 35.0 Å². The molecule has 0 radical (unpaired) electrons. The molecule has 0 aromatic heterocycles. The lowest BCUT2D eigenvalue weighted by molar-refractivity contribution is -0.858. The molecule has 0 saturated carbocycles. The Hall–Kier alpha value is 0.500. The van der Waals surface area contributed by atoms with Crippen molar-refractivity contribution in [3.63, 3.8) is 0 Å². The Kier molecular flexibility index (Phi) is 22.9. The van der Waals surface area contributed by atoms with Crippen LogP contribution < -0.4 is 35.0 Å². The minimum absolute atomic E-state index is 0. The van der Waals surface area contributed by atoms with Crippen LogP contribution in [-0.2, 0) is 0 Å². The minimum atomic E-state index is 0. The van der Waals surface area contributed by atoms with Crippen LogP contribution in [0.5, 0.6) is 0 Å². The molecule has 0 aliphatic heterocycles. The summed E-state index contributed by atoms with van der Waals surface area (Å²) in [5.41, 5.74) is 0. The van der Waals surface area contributed by atoms with Crippen molar-refractivity contribution in [3.05, 3.63) is 0 Å². The molecule has 18 heavy (non-hydrogen) atoms. The van der Waals surface area contributed by atoms with E-state index in [0.29, 0.717) is 0 Å². The van der Waals surface area contributed by atoms with Crippen LogP contribution in [0.25, 0.3) is 0 Å². The fourth-order valence-electron chi connectivity index (χ4n) is 2.00. The molecule has 4 heteroatoms. The van der Waals surface area contributed by atoms with Gasteiger partial charge in [0.25, 0.3) is 0 Å². The van der Waals surface area contributed by atoms with E-state index in [1.54, 1.807) is 4.90 Å². The van der Waals surface area contributed by atoms with Gasteiger partial charge >= 0.3 is 0 Å². The molecule has 0 fully saturated rings. The van der Waals surface area contributed by atoms with E-state index in [4.69, 9.17) is 0 Å². The van der Waals surface area contributed by atoms with Gasteiger partial charge in [-0.25, -0.2) is 0 Å². The van der Waals surface area contributed by atoms with Crippen LogP contribution >= 0.6 is 0 Å². The van der Waals surface area contributed by atoms with Crippen LogP contribution in [0.4, 0.5) is 0 Å². The second kappa shape index (κ2) is 17.5. The molecule has 0 aliphatic rings. The van der Waals surface area contributed by atoms with Gasteiger partial charge in [0.15, 0.2) is 0 Å². The highest BCUT2D eigenvalue weighted by molar-refractivity contribution is 4.49. The van der Waals surface area contributed by atoms with E-state index in [1.807, 2.05) is 0 Å². The molecular formula is C14H34Cl2N2. The van der Waals surface area contributed by atoms with Gasteiger partial charge in [-0.15, -0.1) is 0 Å². The maximum Gasteiger partial charge on any atom is 0.0828 e. The van der Waals surface area contributed by atoms with Gasteiger partial charge in [0.2, 0.25) is 0 Å². The Morgan fingerprint density at radius 2 is 1.28 bits per heavy atom. The molecule has 0 saturated heterocycles. The number of nitrogens with one attached hydrogen (secondary N) is 1. The molecule has 3 N–H and O–H groups in total. The number of nitrogens with two attached hydrogens (primary N) is 1. The van der Waals surface area contributed by atoms with Crippen molar-refractivity contribution in [3.8, 4) is 0 Å². The molecule has 0 heterocycles. The first kappa shape index (κ1) is 23.6. The first-order valence-electron chi connectivity index (χ1n) is 7.25. The van der Waals surface area contributed by atoms with E-state index in [9.17, 15) is 0 Å². The summed E-state index contributed by atoms with van der Waals surface area (Å²) in [4.78, 5) is 1.59. The highest BCUT2D eigenvalue weighted by Gasteiger charge is 2.00. The summed E-state index contributed by atoms with van der Waals surface area (Å²) in [5, 5.41) is 2.32. The zero-order chi connectivity index (χ0) is 12.2. The number of quaternary nitrogens is 2. The number of halogens is 2. The fourth-order valence-corrected chi connectivity index (χ4v) is 2.00. The molecule has 2 nitrogen and oxygen atoms in total.